The first-order chi connectivity index (χ1) is 19.3. The molecule has 1 aromatic rings. The minimum atomic E-state index is -1.20. The van der Waals surface area contributed by atoms with Gasteiger partial charge in [0.25, 0.3) is 5.91 Å². The molecule has 0 aromatic heterocycles. The number of hydrogen-bond donors (Lipinski definition) is 5. The summed E-state index contributed by atoms with van der Waals surface area (Å²) in [7, 11) is 3.85. The summed E-state index contributed by atoms with van der Waals surface area (Å²) in [6.45, 7) is 10.1. The Balaban J connectivity index is 2.41. The van der Waals surface area contributed by atoms with Crippen LogP contribution in [0, 0.1) is 11.8 Å². The summed E-state index contributed by atoms with van der Waals surface area (Å²) in [5, 5.41) is 13.8. The quantitative estimate of drug-likeness (QED) is 0.295. The zero-order valence-electron chi connectivity index (χ0n) is 25.2. The number of benzene rings is 1. The molecule has 0 bridgehead atoms. The van der Waals surface area contributed by atoms with Crippen molar-refractivity contribution in [2.45, 2.75) is 71.6 Å². The lowest BCUT2D eigenvalue weighted by molar-refractivity contribution is -0.134. The summed E-state index contributed by atoms with van der Waals surface area (Å²) >= 11 is 0. The van der Waals surface area contributed by atoms with Gasteiger partial charge < -0.3 is 36.2 Å². The van der Waals surface area contributed by atoms with Crippen molar-refractivity contribution in [3.8, 4) is 5.75 Å². The number of para-hydroxylation sites is 1. The second-order valence-electron chi connectivity index (χ2n) is 11.4. The van der Waals surface area contributed by atoms with E-state index in [0.29, 0.717) is 13.0 Å². The SMILES string of the molecule is CC(C)[C@@H]1NC(=O)C[C@@H](C(=O)NCCCN(C)C)NC(=O)c2ccccc2OC[C@H](C)NC(=O)[C@@H](C(C)C)NC1=O. The number of nitrogens with zero attached hydrogens (tertiary/aromatic N) is 1. The van der Waals surface area contributed by atoms with Crippen molar-refractivity contribution in [1.29, 1.82) is 0 Å². The first kappa shape index (κ1) is 33.5. The monoisotopic (exact) mass is 574 g/mol. The Morgan fingerprint density at radius 2 is 1.56 bits per heavy atom. The van der Waals surface area contributed by atoms with Crippen LogP contribution in [0.2, 0.25) is 0 Å². The van der Waals surface area contributed by atoms with Gasteiger partial charge in [0.1, 0.15) is 30.5 Å². The highest BCUT2D eigenvalue weighted by Crippen LogP contribution is 2.19. The Morgan fingerprint density at radius 1 is 0.951 bits per heavy atom. The fourth-order valence-corrected chi connectivity index (χ4v) is 4.28. The molecule has 1 aliphatic rings. The largest absolute Gasteiger partial charge is 0.491 e. The van der Waals surface area contributed by atoms with Crippen molar-refractivity contribution in [2.75, 3.05) is 33.8 Å². The maximum atomic E-state index is 13.3. The highest BCUT2D eigenvalue weighted by molar-refractivity contribution is 6.01. The van der Waals surface area contributed by atoms with E-state index in [4.69, 9.17) is 4.74 Å². The molecule has 0 fully saturated rings. The Labute approximate surface area is 242 Å². The summed E-state index contributed by atoms with van der Waals surface area (Å²) in [6.07, 6.45) is 0.287. The van der Waals surface area contributed by atoms with E-state index in [2.05, 4.69) is 26.6 Å². The van der Waals surface area contributed by atoms with Gasteiger partial charge in [-0.2, -0.15) is 0 Å². The van der Waals surface area contributed by atoms with Crippen LogP contribution in [0.4, 0.5) is 0 Å². The standard InChI is InChI=1S/C29H46N6O6/c1-17(2)24-29(40)34-25(18(3)4)28(39)31-19(5)16-41-22-12-9-8-11-20(22)26(37)32-21(15-23(36)33-24)27(38)30-13-10-14-35(6)7/h8-9,11-12,17-19,21,24-25H,10,13-16H2,1-7H3,(H,30,38)(H,31,39)(H,32,37)(H,33,36)(H,34,40)/t19-,21-,24-,25+/m0/s1. The average molecular weight is 575 g/mol. The van der Waals surface area contributed by atoms with Crippen LogP contribution in [-0.2, 0) is 19.2 Å². The number of fused-ring (bicyclic) bond motifs is 1. The van der Waals surface area contributed by atoms with Gasteiger partial charge in [0.05, 0.1) is 18.0 Å². The molecule has 2 rings (SSSR count). The Morgan fingerprint density at radius 3 is 2.20 bits per heavy atom. The van der Waals surface area contributed by atoms with E-state index in [1.807, 2.05) is 32.8 Å². The van der Waals surface area contributed by atoms with Gasteiger partial charge in [0, 0.05) is 6.54 Å². The molecule has 228 valence electrons. The summed E-state index contributed by atoms with van der Waals surface area (Å²) in [5.74, 6) is -2.90. The third-order valence-electron chi connectivity index (χ3n) is 6.61. The zero-order valence-corrected chi connectivity index (χ0v) is 25.2. The number of amides is 5. The number of ether oxygens (including phenoxy) is 1. The number of nitrogens with one attached hydrogen (secondary N) is 5. The average Bonchev–Trinajstić information content (AvgIpc) is 2.90. The third-order valence-corrected chi connectivity index (χ3v) is 6.61. The van der Waals surface area contributed by atoms with Crippen molar-refractivity contribution in [2.24, 2.45) is 11.8 Å². The summed E-state index contributed by atoms with van der Waals surface area (Å²) in [4.78, 5) is 67.9. The van der Waals surface area contributed by atoms with Gasteiger partial charge in [-0.1, -0.05) is 39.8 Å². The number of hydrogen-bond acceptors (Lipinski definition) is 7. The number of carbonyl (C=O) groups is 5. The van der Waals surface area contributed by atoms with Crippen LogP contribution >= 0.6 is 0 Å². The molecule has 0 aliphatic carbocycles. The number of rotatable bonds is 7. The van der Waals surface area contributed by atoms with Crippen LogP contribution in [0.1, 0.15) is 57.8 Å². The van der Waals surface area contributed by atoms with E-state index in [1.54, 1.807) is 45.0 Å². The molecule has 0 unspecified atom stereocenters. The molecule has 4 atom stereocenters. The van der Waals surface area contributed by atoms with Gasteiger partial charge in [-0.15, -0.1) is 0 Å². The van der Waals surface area contributed by atoms with Gasteiger partial charge >= 0.3 is 0 Å². The Bertz CT molecular complexity index is 1080. The smallest absolute Gasteiger partial charge is 0.255 e. The lowest BCUT2D eigenvalue weighted by Gasteiger charge is -2.28. The van der Waals surface area contributed by atoms with E-state index >= 15 is 0 Å². The molecule has 1 aromatic carbocycles. The molecule has 41 heavy (non-hydrogen) atoms. The normalized spacial score (nSPS) is 23.1. The lowest BCUT2D eigenvalue weighted by Crippen LogP contribution is -2.58. The second-order valence-corrected chi connectivity index (χ2v) is 11.4. The van der Waals surface area contributed by atoms with Crippen molar-refractivity contribution < 1.29 is 28.7 Å². The maximum Gasteiger partial charge on any atom is 0.255 e. The molecule has 1 heterocycles. The summed E-state index contributed by atoms with van der Waals surface area (Å²) in [5.41, 5.74) is 0.179. The second kappa shape index (κ2) is 15.9. The first-order valence-corrected chi connectivity index (χ1v) is 14.1. The zero-order chi connectivity index (χ0) is 30.7. The van der Waals surface area contributed by atoms with Gasteiger partial charge in [-0.05, 0) is 58.0 Å². The van der Waals surface area contributed by atoms with Crippen LogP contribution in [0.3, 0.4) is 0 Å². The molecular formula is C29H46N6O6. The highest BCUT2D eigenvalue weighted by atomic mass is 16.5. The molecule has 0 saturated heterocycles. The molecule has 5 N–H and O–H groups in total. The first-order valence-electron chi connectivity index (χ1n) is 14.1. The maximum absolute atomic E-state index is 13.3. The molecule has 1 aliphatic heterocycles. The molecule has 12 nitrogen and oxygen atoms in total. The summed E-state index contributed by atoms with van der Waals surface area (Å²) in [6, 6.07) is 3.07. The van der Waals surface area contributed by atoms with Crippen LogP contribution in [-0.4, -0.2) is 92.4 Å². The highest BCUT2D eigenvalue weighted by Gasteiger charge is 2.33. The van der Waals surface area contributed by atoms with Gasteiger partial charge in [0.2, 0.25) is 23.6 Å². The van der Waals surface area contributed by atoms with Crippen LogP contribution in [0.5, 0.6) is 5.75 Å². The summed E-state index contributed by atoms with van der Waals surface area (Å²) < 4.78 is 5.88. The predicted molar refractivity (Wildman–Crippen MR) is 155 cm³/mol. The van der Waals surface area contributed by atoms with Gasteiger partial charge in [-0.25, -0.2) is 0 Å². The number of carbonyl (C=O) groups excluding carboxylic acids is 5. The van der Waals surface area contributed by atoms with E-state index in [1.165, 1.54) is 0 Å². The van der Waals surface area contributed by atoms with Crippen molar-refractivity contribution >= 4 is 29.5 Å². The van der Waals surface area contributed by atoms with Crippen molar-refractivity contribution in [1.82, 2.24) is 31.5 Å². The van der Waals surface area contributed by atoms with E-state index in [9.17, 15) is 24.0 Å². The fourth-order valence-electron chi connectivity index (χ4n) is 4.28. The molecular weight excluding hydrogens is 528 g/mol. The van der Waals surface area contributed by atoms with E-state index in [-0.39, 0.29) is 35.7 Å². The van der Waals surface area contributed by atoms with E-state index in [0.717, 1.165) is 6.54 Å². The van der Waals surface area contributed by atoms with Crippen LogP contribution < -0.4 is 31.3 Å². The topological polar surface area (TPSA) is 158 Å². The van der Waals surface area contributed by atoms with E-state index < -0.39 is 54.2 Å². The van der Waals surface area contributed by atoms with Crippen molar-refractivity contribution in [3.05, 3.63) is 29.8 Å². The Kier molecular flexibility index (Phi) is 13.0. The minimum Gasteiger partial charge on any atom is -0.491 e. The molecule has 0 saturated carbocycles. The van der Waals surface area contributed by atoms with Crippen molar-refractivity contribution in [3.63, 3.8) is 0 Å². The molecule has 12 heteroatoms. The predicted octanol–water partition coefficient (Wildman–Crippen LogP) is 0.422. The Hall–Kier alpha value is -3.67. The molecule has 5 amide bonds. The van der Waals surface area contributed by atoms with Gasteiger partial charge in [0.15, 0.2) is 0 Å². The molecule has 0 spiro atoms. The van der Waals surface area contributed by atoms with Crippen LogP contribution in [0.25, 0.3) is 0 Å². The van der Waals surface area contributed by atoms with Gasteiger partial charge in [-0.3, -0.25) is 24.0 Å². The third kappa shape index (κ3) is 10.7. The lowest BCUT2D eigenvalue weighted by atomic mass is 9.99. The molecule has 0 radical (unpaired) electrons. The van der Waals surface area contributed by atoms with Crippen LogP contribution in [0.15, 0.2) is 24.3 Å². The minimum absolute atomic E-state index is 0.0548. The fraction of sp³-hybridized carbons (Fsp3) is 0.621.